The number of rotatable bonds is 6. The molecular weight excluding hydrogens is 318 g/mol. The van der Waals surface area contributed by atoms with Gasteiger partial charge in [0.2, 0.25) is 0 Å². The van der Waals surface area contributed by atoms with Crippen molar-refractivity contribution in [3.63, 3.8) is 0 Å². The summed E-state index contributed by atoms with van der Waals surface area (Å²) in [5.74, 6) is 0.378. The molecule has 2 N–H and O–H groups in total. The van der Waals surface area contributed by atoms with Crippen molar-refractivity contribution in [3.05, 3.63) is 59.7 Å². The largest absolute Gasteiger partial charge is 0.478 e. The molecule has 6 nitrogen and oxygen atoms in total. The molecule has 0 unspecified atom stereocenters. The van der Waals surface area contributed by atoms with E-state index in [2.05, 4.69) is 22.2 Å². The Kier molecular flexibility index (Phi) is 4.79. The van der Waals surface area contributed by atoms with E-state index in [1.54, 1.807) is 36.8 Å². The van der Waals surface area contributed by atoms with Crippen LogP contribution in [0.15, 0.2) is 47.3 Å². The Bertz CT molecular complexity index is 872. The van der Waals surface area contributed by atoms with Crippen LogP contribution < -0.4 is 5.32 Å². The third-order valence-electron chi connectivity index (χ3n) is 3.89. The summed E-state index contributed by atoms with van der Waals surface area (Å²) in [4.78, 5) is 20.2. The molecular formula is C19H19N3O3. The third kappa shape index (κ3) is 3.68. The average Bonchev–Trinajstić information content (AvgIpc) is 3.13. The first-order valence-electron chi connectivity index (χ1n) is 8.09. The lowest BCUT2D eigenvalue weighted by atomic mass is 10.1. The lowest BCUT2D eigenvalue weighted by molar-refractivity contribution is 0.0697. The zero-order chi connectivity index (χ0) is 17.8. The van der Waals surface area contributed by atoms with Crippen LogP contribution in [0.5, 0.6) is 0 Å². The van der Waals surface area contributed by atoms with Gasteiger partial charge in [0.05, 0.1) is 17.4 Å². The van der Waals surface area contributed by atoms with Crippen LogP contribution in [-0.2, 0) is 6.42 Å². The number of carbonyl (C=O) groups is 1. The van der Waals surface area contributed by atoms with Gasteiger partial charge in [-0.1, -0.05) is 13.3 Å². The topological polar surface area (TPSA) is 88.3 Å². The van der Waals surface area contributed by atoms with Crippen molar-refractivity contribution < 1.29 is 14.3 Å². The van der Waals surface area contributed by atoms with Gasteiger partial charge in [0.25, 0.3) is 0 Å². The monoisotopic (exact) mass is 337 g/mol. The van der Waals surface area contributed by atoms with Gasteiger partial charge in [-0.2, -0.15) is 0 Å². The molecule has 0 aliphatic carbocycles. The van der Waals surface area contributed by atoms with Crippen LogP contribution >= 0.6 is 0 Å². The number of hydrogen-bond acceptors (Lipinski definition) is 5. The van der Waals surface area contributed by atoms with Crippen molar-refractivity contribution in [2.75, 3.05) is 5.32 Å². The van der Waals surface area contributed by atoms with Gasteiger partial charge in [0, 0.05) is 16.9 Å². The number of nitrogens with one attached hydrogen (secondary N) is 1. The first-order chi connectivity index (χ1) is 12.1. The van der Waals surface area contributed by atoms with Gasteiger partial charge < -0.3 is 14.8 Å². The highest BCUT2D eigenvalue weighted by atomic mass is 16.4. The maximum atomic E-state index is 11.0. The molecule has 1 aromatic carbocycles. The van der Waals surface area contributed by atoms with Crippen LogP contribution in [0.2, 0.25) is 0 Å². The van der Waals surface area contributed by atoms with E-state index in [0.29, 0.717) is 5.82 Å². The highest BCUT2D eigenvalue weighted by molar-refractivity contribution is 5.88. The van der Waals surface area contributed by atoms with Crippen LogP contribution in [-0.4, -0.2) is 21.0 Å². The molecule has 2 aromatic heterocycles. The second-order valence-electron chi connectivity index (χ2n) is 5.73. The lowest BCUT2D eigenvalue weighted by Crippen LogP contribution is -2.06. The molecule has 0 aliphatic rings. The predicted octanol–water partition coefficient (Wildman–Crippen LogP) is 4.44. The fourth-order valence-electron chi connectivity index (χ4n) is 2.60. The summed E-state index contributed by atoms with van der Waals surface area (Å²) in [7, 11) is 0. The lowest BCUT2D eigenvalue weighted by Gasteiger charge is -2.14. The molecule has 0 radical (unpaired) electrons. The van der Waals surface area contributed by atoms with E-state index in [1.165, 1.54) is 0 Å². The zero-order valence-electron chi connectivity index (χ0n) is 14.1. The maximum Gasteiger partial charge on any atom is 0.335 e. The number of nitrogens with zero attached hydrogens (tertiary/aromatic N) is 2. The summed E-state index contributed by atoms with van der Waals surface area (Å²) in [6, 6.07) is 8.41. The Morgan fingerprint density at radius 3 is 2.56 bits per heavy atom. The highest BCUT2D eigenvalue weighted by Gasteiger charge is 2.13. The van der Waals surface area contributed by atoms with E-state index in [0.717, 1.165) is 41.2 Å². The number of carboxylic acids is 1. The molecule has 3 rings (SSSR count). The molecule has 0 saturated heterocycles. The summed E-state index contributed by atoms with van der Waals surface area (Å²) in [5, 5.41) is 12.3. The first-order valence-corrected chi connectivity index (χ1v) is 8.09. The second kappa shape index (κ2) is 7.17. The Balaban J connectivity index is 1.98. The second-order valence-corrected chi connectivity index (χ2v) is 5.73. The van der Waals surface area contributed by atoms with Crippen molar-refractivity contribution in [2.24, 2.45) is 0 Å². The molecule has 128 valence electrons. The number of hydrogen-bond donors (Lipinski definition) is 2. The number of benzene rings is 1. The van der Waals surface area contributed by atoms with Gasteiger partial charge in [-0.05, 0) is 43.7 Å². The highest BCUT2D eigenvalue weighted by Crippen LogP contribution is 2.26. The predicted molar refractivity (Wildman–Crippen MR) is 95.2 cm³/mol. The van der Waals surface area contributed by atoms with E-state index in [-0.39, 0.29) is 5.56 Å². The van der Waals surface area contributed by atoms with Gasteiger partial charge in [-0.3, -0.25) is 0 Å². The van der Waals surface area contributed by atoms with E-state index < -0.39 is 5.97 Å². The molecule has 0 bridgehead atoms. The standard InChI is InChI=1S/C19H19N3O3/c1-3-4-16-12(2)20-17(14-9-10-25-11-14)22-18(16)21-15-7-5-13(6-8-15)19(23)24/h5-11H,3-4H2,1-2H3,(H,23,24)(H,20,21,22). The zero-order valence-corrected chi connectivity index (χ0v) is 14.1. The van der Waals surface area contributed by atoms with E-state index in [9.17, 15) is 4.79 Å². The van der Waals surface area contributed by atoms with E-state index >= 15 is 0 Å². The van der Waals surface area contributed by atoms with Crippen LogP contribution in [0.3, 0.4) is 0 Å². The molecule has 0 aliphatic heterocycles. The van der Waals surface area contributed by atoms with Crippen LogP contribution in [0.1, 0.15) is 35.0 Å². The Morgan fingerprint density at radius 1 is 1.20 bits per heavy atom. The Labute approximate surface area is 145 Å². The molecule has 0 fully saturated rings. The average molecular weight is 337 g/mol. The molecule has 2 heterocycles. The molecule has 25 heavy (non-hydrogen) atoms. The number of aromatic nitrogens is 2. The van der Waals surface area contributed by atoms with Crippen LogP contribution in [0, 0.1) is 6.92 Å². The SMILES string of the molecule is CCCc1c(C)nc(-c2ccoc2)nc1Nc1ccc(C(=O)O)cc1. The van der Waals surface area contributed by atoms with Crippen LogP contribution in [0.25, 0.3) is 11.4 Å². The van der Waals surface area contributed by atoms with Crippen molar-refractivity contribution in [1.82, 2.24) is 9.97 Å². The third-order valence-corrected chi connectivity index (χ3v) is 3.89. The summed E-state index contributed by atoms with van der Waals surface area (Å²) < 4.78 is 5.12. The molecule has 6 heteroatoms. The number of furan rings is 1. The minimum atomic E-state index is -0.946. The quantitative estimate of drug-likeness (QED) is 0.691. The van der Waals surface area contributed by atoms with Crippen LogP contribution in [0.4, 0.5) is 11.5 Å². The molecule has 0 saturated carbocycles. The summed E-state index contributed by atoms with van der Waals surface area (Å²) >= 11 is 0. The van der Waals surface area contributed by atoms with Crippen molar-refractivity contribution in [3.8, 4) is 11.4 Å². The van der Waals surface area contributed by atoms with Crippen molar-refractivity contribution >= 4 is 17.5 Å². The number of carboxylic acid groups (broad SMARTS) is 1. The van der Waals surface area contributed by atoms with Gasteiger partial charge in [0.15, 0.2) is 5.82 Å². The number of aromatic carboxylic acids is 1. The normalized spacial score (nSPS) is 10.6. The first kappa shape index (κ1) is 16.7. The number of anilines is 2. The maximum absolute atomic E-state index is 11.0. The Morgan fingerprint density at radius 2 is 1.96 bits per heavy atom. The number of aryl methyl sites for hydroxylation is 1. The Hall–Kier alpha value is -3.15. The van der Waals surface area contributed by atoms with E-state index in [4.69, 9.17) is 9.52 Å². The van der Waals surface area contributed by atoms with Gasteiger partial charge >= 0.3 is 5.97 Å². The van der Waals surface area contributed by atoms with Crippen molar-refractivity contribution in [2.45, 2.75) is 26.7 Å². The van der Waals surface area contributed by atoms with Gasteiger partial charge in [-0.15, -0.1) is 0 Å². The smallest absolute Gasteiger partial charge is 0.335 e. The fraction of sp³-hybridized carbons (Fsp3) is 0.211. The summed E-state index contributed by atoms with van der Waals surface area (Å²) in [6.45, 7) is 4.07. The molecule has 0 spiro atoms. The molecule has 0 amide bonds. The van der Waals surface area contributed by atoms with Crippen molar-refractivity contribution in [1.29, 1.82) is 0 Å². The summed E-state index contributed by atoms with van der Waals surface area (Å²) in [6.07, 6.45) is 5.03. The van der Waals surface area contributed by atoms with E-state index in [1.807, 2.05) is 13.0 Å². The summed E-state index contributed by atoms with van der Waals surface area (Å²) in [5.41, 5.74) is 3.81. The van der Waals surface area contributed by atoms with Gasteiger partial charge in [-0.25, -0.2) is 14.8 Å². The minimum Gasteiger partial charge on any atom is -0.478 e. The minimum absolute atomic E-state index is 0.247. The molecule has 0 atom stereocenters. The molecule has 3 aromatic rings. The van der Waals surface area contributed by atoms with Gasteiger partial charge in [0.1, 0.15) is 12.1 Å². The fourth-order valence-corrected chi connectivity index (χ4v) is 2.60.